The number of rotatable bonds is 6. The van der Waals surface area contributed by atoms with Crippen molar-refractivity contribution in [3.05, 3.63) is 72.8 Å². The van der Waals surface area contributed by atoms with Gasteiger partial charge < -0.3 is 9.47 Å². The van der Waals surface area contributed by atoms with E-state index in [-0.39, 0.29) is 0 Å². The molecule has 32 heavy (non-hydrogen) atoms. The summed E-state index contributed by atoms with van der Waals surface area (Å²) >= 11 is 0. The Labute approximate surface area is 188 Å². The van der Waals surface area contributed by atoms with Crippen molar-refractivity contribution in [1.29, 1.82) is 0 Å². The van der Waals surface area contributed by atoms with Crippen LogP contribution in [0.3, 0.4) is 0 Å². The van der Waals surface area contributed by atoms with E-state index in [1.54, 1.807) is 0 Å². The van der Waals surface area contributed by atoms with Gasteiger partial charge in [-0.05, 0) is 56.5 Å². The first-order valence-corrected chi connectivity index (χ1v) is 11.9. The van der Waals surface area contributed by atoms with Crippen LogP contribution in [0.1, 0.15) is 31.7 Å². The largest absolute Gasteiger partial charge is 0.340 e. The number of nitrogens with zero attached hydrogens (tertiary/aromatic N) is 5. The predicted molar refractivity (Wildman–Crippen MR) is 131 cm³/mol. The van der Waals surface area contributed by atoms with E-state index in [0.29, 0.717) is 6.04 Å². The van der Waals surface area contributed by atoms with Gasteiger partial charge in [0.2, 0.25) is 0 Å². The van der Waals surface area contributed by atoms with Crippen LogP contribution >= 0.6 is 0 Å². The number of fused-ring (bicyclic) bond motifs is 4. The summed E-state index contributed by atoms with van der Waals surface area (Å²) < 4.78 is 4.65. The zero-order valence-corrected chi connectivity index (χ0v) is 18.4. The molecule has 0 radical (unpaired) electrons. The van der Waals surface area contributed by atoms with Crippen molar-refractivity contribution < 1.29 is 0 Å². The Morgan fingerprint density at radius 1 is 0.688 bits per heavy atom. The smallest absolute Gasteiger partial charge is 0.113 e. The van der Waals surface area contributed by atoms with Crippen LogP contribution in [0.4, 0.5) is 0 Å². The van der Waals surface area contributed by atoms with Crippen LogP contribution in [0.25, 0.3) is 32.8 Å². The lowest BCUT2D eigenvalue weighted by molar-refractivity contribution is 0.178. The van der Waals surface area contributed by atoms with Gasteiger partial charge >= 0.3 is 0 Å². The van der Waals surface area contributed by atoms with Gasteiger partial charge in [-0.15, -0.1) is 5.10 Å². The molecular formula is C27H29N5. The molecule has 5 nitrogen and oxygen atoms in total. The summed E-state index contributed by atoms with van der Waals surface area (Å²) in [6.07, 6.45) is 4.74. The molecule has 0 aliphatic carbocycles. The van der Waals surface area contributed by atoms with E-state index in [4.69, 9.17) is 0 Å². The van der Waals surface area contributed by atoms with Crippen molar-refractivity contribution in [2.45, 2.75) is 38.3 Å². The summed E-state index contributed by atoms with van der Waals surface area (Å²) in [6.45, 7) is 4.56. The van der Waals surface area contributed by atoms with Gasteiger partial charge in [-0.2, -0.15) is 0 Å². The van der Waals surface area contributed by atoms with Gasteiger partial charge in [0.1, 0.15) is 5.52 Å². The van der Waals surface area contributed by atoms with Crippen molar-refractivity contribution in [1.82, 2.24) is 24.5 Å². The van der Waals surface area contributed by atoms with Gasteiger partial charge in [-0.1, -0.05) is 53.7 Å². The predicted octanol–water partition coefficient (Wildman–Crippen LogP) is 5.66. The highest BCUT2D eigenvalue weighted by atomic mass is 15.4. The van der Waals surface area contributed by atoms with Gasteiger partial charge in [-0.25, -0.2) is 4.68 Å². The molecule has 5 aromatic rings. The second-order valence-corrected chi connectivity index (χ2v) is 8.99. The number of aryl methyl sites for hydroxylation is 1. The molecule has 5 heteroatoms. The zero-order chi connectivity index (χ0) is 21.3. The average molecular weight is 424 g/mol. The Balaban J connectivity index is 1.05. The van der Waals surface area contributed by atoms with Crippen molar-refractivity contribution in [2.75, 3.05) is 19.6 Å². The number of unbranched alkanes of at least 4 members (excludes halogenated alkanes) is 1. The highest BCUT2D eigenvalue weighted by Crippen LogP contribution is 2.29. The molecule has 1 aliphatic heterocycles. The van der Waals surface area contributed by atoms with E-state index in [9.17, 15) is 0 Å². The first kappa shape index (κ1) is 19.5. The van der Waals surface area contributed by atoms with Gasteiger partial charge in [0.05, 0.1) is 11.6 Å². The number of piperidine rings is 1. The summed E-state index contributed by atoms with van der Waals surface area (Å²) in [6, 6.07) is 26.4. The van der Waals surface area contributed by atoms with Gasteiger partial charge in [-0.3, -0.25) is 0 Å². The second kappa shape index (κ2) is 8.40. The third-order valence-electron chi connectivity index (χ3n) is 7.07. The van der Waals surface area contributed by atoms with Crippen molar-refractivity contribution in [3.63, 3.8) is 0 Å². The van der Waals surface area contributed by atoms with Crippen LogP contribution in [-0.4, -0.2) is 44.1 Å². The van der Waals surface area contributed by atoms with E-state index in [1.165, 1.54) is 41.2 Å². The molecule has 0 atom stereocenters. The normalized spacial score (nSPS) is 15.9. The Morgan fingerprint density at radius 3 is 2.00 bits per heavy atom. The Bertz CT molecular complexity index is 1300. The monoisotopic (exact) mass is 423 g/mol. The topological polar surface area (TPSA) is 38.9 Å². The van der Waals surface area contributed by atoms with Gasteiger partial charge in [0, 0.05) is 41.4 Å². The molecule has 0 bridgehead atoms. The molecule has 0 N–H and O–H groups in total. The summed E-state index contributed by atoms with van der Waals surface area (Å²) in [4.78, 5) is 2.63. The highest BCUT2D eigenvalue weighted by molar-refractivity contribution is 6.07. The maximum atomic E-state index is 4.44. The van der Waals surface area contributed by atoms with Crippen molar-refractivity contribution in [2.24, 2.45) is 0 Å². The molecule has 0 amide bonds. The molecule has 1 aliphatic rings. The summed E-state index contributed by atoms with van der Waals surface area (Å²) in [5.74, 6) is 0. The third-order valence-corrected chi connectivity index (χ3v) is 7.07. The van der Waals surface area contributed by atoms with E-state index >= 15 is 0 Å². The standard InChI is InChI=1S/C27H29N5/c1-4-12-25-22(9-1)23-10-2-5-13-26(23)31(25)18-8-7-17-30-19-15-21(16-20-30)32-27-14-6-3-11-24(27)28-29-32/h1-6,9-14,21H,7-8,15-20H2. The highest BCUT2D eigenvalue weighted by Gasteiger charge is 2.22. The lowest BCUT2D eigenvalue weighted by Crippen LogP contribution is -2.35. The van der Waals surface area contributed by atoms with E-state index in [0.717, 1.165) is 43.5 Å². The van der Waals surface area contributed by atoms with E-state index in [1.807, 2.05) is 12.1 Å². The van der Waals surface area contributed by atoms with Crippen molar-refractivity contribution in [3.8, 4) is 0 Å². The molecule has 162 valence electrons. The summed E-state index contributed by atoms with van der Waals surface area (Å²) in [5.41, 5.74) is 4.88. The van der Waals surface area contributed by atoms with Crippen LogP contribution in [0.5, 0.6) is 0 Å². The molecule has 2 aromatic heterocycles. The van der Waals surface area contributed by atoms with Gasteiger partial charge in [0.15, 0.2) is 0 Å². The van der Waals surface area contributed by atoms with Crippen LogP contribution in [0.15, 0.2) is 72.8 Å². The third kappa shape index (κ3) is 3.47. The number of likely N-dealkylation sites (tertiary alicyclic amines) is 1. The van der Waals surface area contributed by atoms with Crippen LogP contribution in [0.2, 0.25) is 0 Å². The minimum absolute atomic E-state index is 0.469. The average Bonchev–Trinajstić information content (AvgIpc) is 3.42. The van der Waals surface area contributed by atoms with E-state index < -0.39 is 0 Å². The SMILES string of the molecule is c1ccc2c(c1)nnn2C1CCN(CCCCn2c3ccccc3c3ccccc32)CC1. The minimum atomic E-state index is 0.469. The van der Waals surface area contributed by atoms with Crippen LogP contribution < -0.4 is 0 Å². The summed E-state index contributed by atoms with van der Waals surface area (Å²) in [5, 5.41) is 11.5. The van der Waals surface area contributed by atoms with Crippen molar-refractivity contribution >= 4 is 32.8 Å². The number of para-hydroxylation sites is 3. The molecule has 3 aromatic carbocycles. The minimum Gasteiger partial charge on any atom is -0.340 e. The van der Waals surface area contributed by atoms with Crippen LogP contribution in [-0.2, 0) is 6.54 Å². The van der Waals surface area contributed by atoms with Gasteiger partial charge in [0.25, 0.3) is 0 Å². The molecule has 0 unspecified atom stereocenters. The lowest BCUT2D eigenvalue weighted by atomic mass is 10.0. The van der Waals surface area contributed by atoms with Crippen LogP contribution in [0, 0.1) is 0 Å². The summed E-state index contributed by atoms with van der Waals surface area (Å²) in [7, 11) is 0. The number of aromatic nitrogens is 4. The quantitative estimate of drug-likeness (QED) is 0.331. The number of hydrogen-bond donors (Lipinski definition) is 0. The molecule has 1 fully saturated rings. The fourth-order valence-corrected chi connectivity index (χ4v) is 5.39. The molecule has 6 rings (SSSR count). The fourth-order valence-electron chi connectivity index (χ4n) is 5.39. The maximum Gasteiger partial charge on any atom is 0.113 e. The Hall–Kier alpha value is -3.18. The maximum absolute atomic E-state index is 4.44. The first-order chi connectivity index (χ1) is 15.9. The Morgan fingerprint density at radius 2 is 1.28 bits per heavy atom. The fraction of sp³-hybridized carbons (Fsp3) is 0.333. The lowest BCUT2D eigenvalue weighted by Gasteiger charge is -2.32. The molecule has 0 saturated carbocycles. The molecule has 3 heterocycles. The molecular weight excluding hydrogens is 394 g/mol. The van der Waals surface area contributed by atoms with E-state index in [2.05, 4.69) is 85.1 Å². The molecule has 0 spiro atoms. The first-order valence-electron chi connectivity index (χ1n) is 11.9. The Kier molecular flexibility index (Phi) is 5.12. The second-order valence-electron chi connectivity index (χ2n) is 8.99. The number of benzene rings is 3. The zero-order valence-electron chi connectivity index (χ0n) is 18.4. The molecule has 1 saturated heterocycles. The number of hydrogen-bond acceptors (Lipinski definition) is 3.